The summed E-state index contributed by atoms with van der Waals surface area (Å²) >= 11 is 1.84. The predicted octanol–water partition coefficient (Wildman–Crippen LogP) is 14.4. The molecule has 0 saturated carbocycles. The summed E-state index contributed by atoms with van der Waals surface area (Å²) in [5.74, 6) is 1.73. The lowest BCUT2D eigenvalue weighted by atomic mass is 9.91. The Hall–Kier alpha value is -7.41. The molecule has 0 saturated heterocycles. The number of fused-ring (bicyclic) bond motifs is 9. The Morgan fingerprint density at radius 3 is 1.68 bits per heavy atom. The van der Waals surface area contributed by atoms with Crippen LogP contribution in [-0.4, -0.2) is 15.0 Å². The van der Waals surface area contributed by atoms with Crippen molar-refractivity contribution in [2.45, 2.75) is 0 Å². The number of thiophene rings is 1. The molecule has 5 nitrogen and oxygen atoms in total. The van der Waals surface area contributed by atoms with Crippen LogP contribution in [0.3, 0.4) is 0 Å². The van der Waals surface area contributed by atoms with E-state index < -0.39 is 0 Å². The SMILES string of the molecule is c1ccc(-c2nc(-c3ccc4c(c3)oc3ccccc34)nc(-c3ccc4c(c3)oc3cccc(-c5ccccc5-c5ccc6c(c5)sc5ccccc56)c34)n2)cc1. The first-order chi connectivity index (χ1) is 28.2. The lowest BCUT2D eigenvalue weighted by molar-refractivity contribution is 0.668. The average molecular weight is 748 g/mol. The van der Waals surface area contributed by atoms with Crippen LogP contribution < -0.4 is 0 Å². The van der Waals surface area contributed by atoms with E-state index in [9.17, 15) is 0 Å². The van der Waals surface area contributed by atoms with E-state index in [2.05, 4.69) is 115 Å². The zero-order chi connectivity index (χ0) is 37.5. The van der Waals surface area contributed by atoms with Crippen LogP contribution in [0.2, 0.25) is 0 Å². The maximum Gasteiger partial charge on any atom is 0.164 e. The minimum atomic E-state index is 0.563. The van der Waals surface area contributed by atoms with Gasteiger partial charge in [0.25, 0.3) is 0 Å². The molecule has 0 spiro atoms. The minimum absolute atomic E-state index is 0.563. The molecule has 0 unspecified atom stereocenters. The molecule has 266 valence electrons. The topological polar surface area (TPSA) is 65.0 Å². The van der Waals surface area contributed by atoms with Crippen molar-refractivity contribution in [3.05, 3.63) is 176 Å². The van der Waals surface area contributed by atoms with Crippen molar-refractivity contribution >= 4 is 75.4 Å². The number of aromatic nitrogens is 3. The van der Waals surface area contributed by atoms with Gasteiger partial charge in [-0.1, -0.05) is 127 Å². The molecule has 0 N–H and O–H groups in total. The van der Waals surface area contributed by atoms with Crippen molar-refractivity contribution in [3.8, 4) is 56.4 Å². The third-order valence-electron chi connectivity index (χ3n) is 11.0. The Labute approximate surface area is 330 Å². The number of para-hydroxylation sites is 1. The minimum Gasteiger partial charge on any atom is -0.456 e. The van der Waals surface area contributed by atoms with Crippen LogP contribution >= 0.6 is 11.3 Å². The lowest BCUT2D eigenvalue weighted by Crippen LogP contribution is -2.00. The first kappa shape index (κ1) is 31.9. The van der Waals surface area contributed by atoms with Crippen molar-refractivity contribution in [2.75, 3.05) is 0 Å². The molecular weight excluding hydrogens is 719 g/mol. The van der Waals surface area contributed by atoms with Gasteiger partial charge in [-0.2, -0.15) is 0 Å². The van der Waals surface area contributed by atoms with Crippen LogP contribution in [0.4, 0.5) is 0 Å². The highest BCUT2D eigenvalue weighted by Crippen LogP contribution is 2.43. The first-order valence-corrected chi connectivity index (χ1v) is 19.7. The molecule has 0 amide bonds. The van der Waals surface area contributed by atoms with Crippen LogP contribution in [0.1, 0.15) is 0 Å². The van der Waals surface area contributed by atoms with Gasteiger partial charge in [-0.05, 0) is 70.8 Å². The highest BCUT2D eigenvalue weighted by atomic mass is 32.1. The fourth-order valence-corrected chi connectivity index (χ4v) is 9.41. The molecule has 0 fully saturated rings. The van der Waals surface area contributed by atoms with E-state index in [-0.39, 0.29) is 0 Å². The van der Waals surface area contributed by atoms with Gasteiger partial charge < -0.3 is 8.83 Å². The van der Waals surface area contributed by atoms with E-state index in [4.69, 9.17) is 23.8 Å². The second kappa shape index (κ2) is 12.6. The fourth-order valence-electron chi connectivity index (χ4n) is 8.27. The molecule has 0 aliphatic rings. The summed E-state index contributed by atoms with van der Waals surface area (Å²) in [6.45, 7) is 0. The van der Waals surface area contributed by atoms with Crippen molar-refractivity contribution < 1.29 is 8.83 Å². The largest absolute Gasteiger partial charge is 0.456 e. The molecule has 8 aromatic carbocycles. The van der Waals surface area contributed by atoms with Crippen molar-refractivity contribution in [1.29, 1.82) is 0 Å². The number of benzene rings is 8. The lowest BCUT2D eigenvalue weighted by Gasteiger charge is -2.12. The van der Waals surface area contributed by atoms with Gasteiger partial charge in [0.1, 0.15) is 22.3 Å². The molecule has 4 aromatic heterocycles. The van der Waals surface area contributed by atoms with E-state index >= 15 is 0 Å². The van der Waals surface area contributed by atoms with Crippen LogP contribution in [0.5, 0.6) is 0 Å². The normalized spacial score (nSPS) is 11.9. The van der Waals surface area contributed by atoms with E-state index in [1.807, 2.05) is 72.0 Å². The Balaban J connectivity index is 0.988. The van der Waals surface area contributed by atoms with Gasteiger partial charge in [0.15, 0.2) is 17.5 Å². The van der Waals surface area contributed by atoms with Gasteiger partial charge in [0.2, 0.25) is 0 Å². The molecular formula is C51H29N3O2S. The van der Waals surface area contributed by atoms with Crippen LogP contribution in [0.15, 0.2) is 185 Å². The number of hydrogen-bond acceptors (Lipinski definition) is 6. The van der Waals surface area contributed by atoms with E-state index in [1.54, 1.807) is 0 Å². The van der Waals surface area contributed by atoms with Gasteiger partial charge in [-0.15, -0.1) is 11.3 Å². The molecule has 4 heterocycles. The summed E-state index contributed by atoms with van der Waals surface area (Å²) in [5.41, 5.74) is 10.5. The highest BCUT2D eigenvalue weighted by molar-refractivity contribution is 7.25. The summed E-state index contributed by atoms with van der Waals surface area (Å²) in [5, 5.41) is 6.85. The Morgan fingerprint density at radius 1 is 0.316 bits per heavy atom. The fraction of sp³-hybridized carbons (Fsp3) is 0. The van der Waals surface area contributed by atoms with Crippen molar-refractivity contribution in [3.63, 3.8) is 0 Å². The molecule has 12 aromatic rings. The number of nitrogens with zero attached hydrogens (tertiary/aromatic N) is 3. The summed E-state index contributed by atoms with van der Waals surface area (Å²) < 4.78 is 15.5. The zero-order valence-electron chi connectivity index (χ0n) is 30.3. The summed E-state index contributed by atoms with van der Waals surface area (Å²) in [7, 11) is 0. The van der Waals surface area contributed by atoms with Gasteiger partial charge in [0.05, 0.1) is 0 Å². The monoisotopic (exact) mass is 747 g/mol. The molecule has 0 atom stereocenters. The molecule has 0 aliphatic carbocycles. The first-order valence-electron chi connectivity index (χ1n) is 18.9. The smallest absolute Gasteiger partial charge is 0.164 e. The summed E-state index contributed by atoms with van der Waals surface area (Å²) in [6.07, 6.45) is 0. The quantitative estimate of drug-likeness (QED) is 0.175. The molecule has 6 heteroatoms. The Morgan fingerprint density at radius 2 is 0.860 bits per heavy atom. The van der Waals surface area contributed by atoms with E-state index in [0.29, 0.717) is 17.5 Å². The predicted molar refractivity (Wildman–Crippen MR) is 234 cm³/mol. The number of furan rings is 2. The van der Waals surface area contributed by atoms with Crippen molar-refractivity contribution in [1.82, 2.24) is 15.0 Å². The Bertz CT molecular complexity index is 3540. The summed E-state index contributed by atoms with van der Waals surface area (Å²) in [4.78, 5) is 15.1. The van der Waals surface area contributed by atoms with Crippen LogP contribution in [0, 0.1) is 0 Å². The zero-order valence-corrected chi connectivity index (χ0v) is 31.1. The number of hydrogen-bond donors (Lipinski definition) is 0. The van der Waals surface area contributed by atoms with E-state index in [1.165, 1.54) is 31.3 Å². The maximum absolute atomic E-state index is 6.64. The van der Waals surface area contributed by atoms with Gasteiger partial charge >= 0.3 is 0 Å². The molecule has 57 heavy (non-hydrogen) atoms. The average Bonchev–Trinajstić information content (AvgIpc) is 3.97. The molecule has 0 bridgehead atoms. The molecule has 12 rings (SSSR count). The van der Waals surface area contributed by atoms with Crippen LogP contribution in [-0.2, 0) is 0 Å². The highest BCUT2D eigenvalue weighted by Gasteiger charge is 2.19. The Kier molecular flexibility index (Phi) is 7.03. The molecule has 0 radical (unpaired) electrons. The third-order valence-corrected chi connectivity index (χ3v) is 12.1. The maximum atomic E-state index is 6.64. The van der Waals surface area contributed by atoms with Crippen LogP contribution in [0.25, 0.3) is 120 Å². The second-order valence-electron chi connectivity index (χ2n) is 14.3. The standard InChI is InChI=1S/C51H29N3O2S/c1-2-11-30(12-3-1)49-52-50(32-22-24-37-36-15-6-8-18-42(36)55-44(37)27-32)54-51(53-49)33-23-26-41-45(28-33)56-43-19-10-17-40(48(41)43)35-14-5-4-13-34(35)31-21-25-39-38-16-7-9-20-46(38)57-47(39)29-31/h1-29H. The summed E-state index contributed by atoms with van der Waals surface area (Å²) in [6, 6.07) is 61.1. The van der Waals surface area contributed by atoms with Gasteiger partial charge in [-0.25, -0.2) is 15.0 Å². The van der Waals surface area contributed by atoms with Gasteiger partial charge in [-0.3, -0.25) is 0 Å². The second-order valence-corrected chi connectivity index (χ2v) is 15.4. The third kappa shape index (κ3) is 5.19. The van der Waals surface area contributed by atoms with Gasteiger partial charge in [0, 0.05) is 58.4 Å². The van der Waals surface area contributed by atoms with Crippen molar-refractivity contribution in [2.24, 2.45) is 0 Å². The number of rotatable bonds is 5. The van der Waals surface area contributed by atoms with E-state index in [0.717, 1.165) is 71.7 Å². The molecule has 0 aliphatic heterocycles.